The smallest absolute Gasteiger partial charge is 0.264 e. The summed E-state index contributed by atoms with van der Waals surface area (Å²) in [5, 5.41) is 11.1. The molecule has 0 radical (unpaired) electrons. The van der Waals surface area contributed by atoms with Crippen molar-refractivity contribution >= 4 is 11.6 Å². The fraction of sp³-hybridized carbons (Fsp3) is 0.150. The van der Waals surface area contributed by atoms with Gasteiger partial charge in [-0.25, -0.2) is 4.68 Å². The van der Waals surface area contributed by atoms with Gasteiger partial charge in [0.15, 0.2) is 0 Å². The molecule has 0 saturated heterocycles. The van der Waals surface area contributed by atoms with Crippen LogP contribution in [0.3, 0.4) is 0 Å². The molecule has 0 fully saturated rings. The largest absolute Gasteiger partial charge is 0.382 e. The number of rotatable bonds is 5. The number of oxime groups is 1. The molecule has 1 atom stereocenters. The number of carbonyl (C=O) groups is 1. The van der Waals surface area contributed by atoms with Crippen LogP contribution in [-0.4, -0.2) is 27.5 Å². The molecule has 0 aliphatic carbocycles. The predicted molar refractivity (Wildman–Crippen MR) is 97.9 cm³/mol. The highest BCUT2D eigenvalue weighted by atomic mass is 16.6. The molecule has 0 bridgehead atoms. The van der Waals surface area contributed by atoms with E-state index in [2.05, 4.69) is 15.6 Å². The summed E-state index contributed by atoms with van der Waals surface area (Å²) in [5.41, 5.74) is 3.77. The summed E-state index contributed by atoms with van der Waals surface area (Å²) in [5.74, 6) is -0.157. The van der Waals surface area contributed by atoms with E-state index in [-0.39, 0.29) is 5.91 Å². The van der Waals surface area contributed by atoms with Gasteiger partial charge >= 0.3 is 0 Å². The second kappa shape index (κ2) is 7.23. The second-order valence-corrected chi connectivity index (χ2v) is 6.04. The summed E-state index contributed by atoms with van der Waals surface area (Å²) in [4.78, 5) is 17.6. The van der Waals surface area contributed by atoms with Gasteiger partial charge in [-0.3, -0.25) is 4.79 Å². The number of nitrogens with zero attached hydrogens (tertiary/aromatic N) is 3. The first-order valence-corrected chi connectivity index (χ1v) is 8.44. The first kappa shape index (κ1) is 16.1. The van der Waals surface area contributed by atoms with E-state index in [4.69, 9.17) is 4.84 Å². The zero-order valence-electron chi connectivity index (χ0n) is 14.1. The normalized spacial score (nSPS) is 16.0. The van der Waals surface area contributed by atoms with Crippen LogP contribution in [0.2, 0.25) is 0 Å². The molecule has 1 amide bonds. The Morgan fingerprint density at radius 1 is 1.12 bits per heavy atom. The Morgan fingerprint density at radius 3 is 2.65 bits per heavy atom. The number of benzene rings is 2. The zero-order chi connectivity index (χ0) is 17.8. The van der Waals surface area contributed by atoms with Crippen molar-refractivity contribution in [2.75, 3.05) is 0 Å². The first-order valence-electron chi connectivity index (χ1n) is 8.44. The van der Waals surface area contributed by atoms with Crippen molar-refractivity contribution in [3.63, 3.8) is 0 Å². The lowest BCUT2D eigenvalue weighted by Crippen LogP contribution is -2.34. The van der Waals surface area contributed by atoms with E-state index in [1.54, 1.807) is 10.9 Å². The fourth-order valence-corrected chi connectivity index (χ4v) is 2.81. The summed E-state index contributed by atoms with van der Waals surface area (Å²) >= 11 is 0. The van der Waals surface area contributed by atoms with Crippen molar-refractivity contribution in [2.45, 2.75) is 19.1 Å². The number of carbonyl (C=O) groups excluding carboxylic acids is 1. The van der Waals surface area contributed by atoms with E-state index in [0.717, 1.165) is 22.5 Å². The average Bonchev–Trinajstić information content (AvgIpc) is 3.39. The third-order valence-corrected chi connectivity index (χ3v) is 4.24. The lowest BCUT2D eigenvalue weighted by molar-refractivity contribution is -0.131. The Balaban J connectivity index is 1.31. The topological polar surface area (TPSA) is 68.5 Å². The van der Waals surface area contributed by atoms with E-state index in [9.17, 15) is 4.79 Å². The van der Waals surface area contributed by atoms with Crippen molar-refractivity contribution in [3.05, 3.63) is 84.2 Å². The maximum Gasteiger partial charge on any atom is 0.264 e. The minimum Gasteiger partial charge on any atom is -0.382 e. The first-order chi connectivity index (χ1) is 12.8. The highest BCUT2D eigenvalue weighted by molar-refractivity contribution is 6.04. The Labute approximate surface area is 151 Å². The Kier molecular flexibility index (Phi) is 4.47. The van der Waals surface area contributed by atoms with Crippen LogP contribution in [0.4, 0.5) is 0 Å². The third kappa shape index (κ3) is 3.49. The maximum absolute atomic E-state index is 12.3. The summed E-state index contributed by atoms with van der Waals surface area (Å²) in [6.45, 7) is 0.443. The van der Waals surface area contributed by atoms with Gasteiger partial charge in [-0.2, -0.15) is 5.10 Å². The third-order valence-electron chi connectivity index (χ3n) is 4.24. The average molecular weight is 346 g/mol. The van der Waals surface area contributed by atoms with Crippen LogP contribution in [0.25, 0.3) is 5.69 Å². The number of nitrogens with one attached hydrogen (secondary N) is 1. The predicted octanol–water partition coefficient (Wildman–Crippen LogP) is 2.68. The lowest BCUT2D eigenvalue weighted by Gasteiger charge is -2.10. The molecule has 0 unspecified atom stereocenters. The molecule has 1 N–H and O–H groups in total. The molecule has 0 spiro atoms. The zero-order valence-corrected chi connectivity index (χ0v) is 14.1. The van der Waals surface area contributed by atoms with Crippen LogP contribution in [0.1, 0.15) is 17.5 Å². The Bertz CT molecular complexity index is 903. The van der Waals surface area contributed by atoms with Crippen LogP contribution in [0, 0.1) is 0 Å². The van der Waals surface area contributed by atoms with Crippen LogP contribution in [0.15, 0.2) is 78.2 Å². The van der Waals surface area contributed by atoms with Gasteiger partial charge in [-0.15, -0.1) is 0 Å². The number of hydrogen-bond donors (Lipinski definition) is 1. The Hall–Kier alpha value is -3.41. The maximum atomic E-state index is 12.3. The minimum absolute atomic E-state index is 0.157. The molecule has 1 aromatic heterocycles. The van der Waals surface area contributed by atoms with Gasteiger partial charge in [0.1, 0.15) is 0 Å². The number of aromatic nitrogens is 2. The molecule has 6 heteroatoms. The molecule has 2 aromatic carbocycles. The van der Waals surface area contributed by atoms with Crippen molar-refractivity contribution in [3.8, 4) is 5.69 Å². The molecule has 26 heavy (non-hydrogen) atoms. The van der Waals surface area contributed by atoms with E-state index in [0.29, 0.717) is 13.0 Å². The summed E-state index contributed by atoms with van der Waals surface area (Å²) in [7, 11) is 0. The standard InChI is InChI=1S/C20H18N4O2/c25-20(19-13-18(23-26-19)16-5-2-1-3-6-16)21-14-15-7-9-17(10-8-15)24-12-4-11-22-24/h1-12,19H,13-14H2,(H,21,25)/t19-/m0/s1. The second-order valence-electron chi connectivity index (χ2n) is 6.04. The molecule has 1 aliphatic heterocycles. The lowest BCUT2D eigenvalue weighted by atomic mass is 10.0. The molecule has 6 nitrogen and oxygen atoms in total. The molecule has 1 aliphatic rings. The van der Waals surface area contributed by atoms with Crippen LogP contribution in [-0.2, 0) is 16.2 Å². The van der Waals surface area contributed by atoms with Crippen molar-refractivity contribution in [2.24, 2.45) is 5.16 Å². The van der Waals surface area contributed by atoms with Gasteiger partial charge in [-0.05, 0) is 29.3 Å². The molecule has 130 valence electrons. The van der Waals surface area contributed by atoms with Gasteiger partial charge in [-0.1, -0.05) is 47.6 Å². The molecule has 2 heterocycles. The van der Waals surface area contributed by atoms with Gasteiger partial charge in [0, 0.05) is 25.4 Å². The number of amides is 1. The van der Waals surface area contributed by atoms with Gasteiger partial charge in [0.25, 0.3) is 5.91 Å². The molecule has 0 saturated carbocycles. The van der Waals surface area contributed by atoms with E-state index >= 15 is 0 Å². The van der Waals surface area contributed by atoms with Crippen molar-refractivity contribution in [1.82, 2.24) is 15.1 Å². The van der Waals surface area contributed by atoms with E-state index in [1.807, 2.05) is 66.9 Å². The van der Waals surface area contributed by atoms with Gasteiger partial charge in [0.2, 0.25) is 6.10 Å². The van der Waals surface area contributed by atoms with Crippen LogP contribution in [0.5, 0.6) is 0 Å². The number of hydrogen-bond acceptors (Lipinski definition) is 4. The quantitative estimate of drug-likeness (QED) is 0.772. The summed E-state index contributed by atoms with van der Waals surface area (Å²) in [6.07, 6.45) is 3.53. The highest BCUT2D eigenvalue weighted by Crippen LogP contribution is 2.17. The molecular formula is C20H18N4O2. The van der Waals surface area contributed by atoms with Gasteiger partial charge in [0.05, 0.1) is 11.4 Å². The van der Waals surface area contributed by atoms with E-state index in [1.165, 1.54) is 0 Å². The molecule has 4 rings (SSSR count). The molecular weight excluding hydrogens is 328 g/mol. The van der Waals surface area contributed by atoms with Crippen molar-refractivity contribution < 1.29 is 9.63 Å². The summed E-state index contributed by atoms with van der Waals surface area (Å²) in [6, 6.07) is 19.5. The summed E-state index contributed by atoms with van der Waals surface area (Å²) < 4.78 is 1.79. The van der Waals surface area contributed by atoms with Gasteiger partial charge < -0.3 is 10.2 Å². The highest BCUT2D eigenvalue weighted by Gasteiger charge is 2.28. The minimum atomic E-state index is -0.575. The van der Waals surface area contributed by atoms with Crippen molar-refractivity contribution in [1.29, 1.82) is 0 Å². The molecule has 3 aromatic rings. The fourth-order valence-electron chi connectivity index (χ4n) is 2.81. The van der Waals surface area contributed by atoms with E-state index < -0.39 is 6.10 Å². The van der Waals surface area contributed by atoms with Crippen LogP contribution < -0.4 is 5.32 Å². The van der Waals surface area contributed by atoms with Crippen LogP contribution >= 0.6 is 0 Å². The monoisotopic (exact) mass is 346 g/mol. The SMILES string of the molecule is O=C(NCc1ccc(-n2cccn2)cc1)[C@@H]1CC(c2ccccc2)=NO1. The Morgan fingerprint density at radius 2 is 1.92 bits per heavy atom.